The number of rotatable bonds is 7. The summed E-state index contributed by atoms with van der Waals surface area (Å²) in [4.78, 5) is 14.3. The maximum Gasteiger partial charge on any atom is 0.343 e. The van der Waals surface area contributed by atoms with Crippen molar-refractivity contribution in [1.82, 2.24) is 15.3 Å². The number of benzene rings is 1. The van der Waals surface area contributed by atoms with Crippen LogP contribution in [0, 0.1) is 0 Å². The molecule has 1 heterocycles. The van der Waals surface area contributed by atoms with E-state index >= 15 is 0 Å². The lowest BCUT2D eigenvalue weighted by Crippen LogP contribution is -2.57. The number of methoxy groups -OCH3 is 2. The number of amides is 2. The van der Waals surface area contributed by atoms with Crippen molar-refractivity contribution >= 4 is 34.3 Å². The molecule has 0 aliphatic carbocycles. The molecule has 2 N–H and O–H groups in total. The summed E-state index contributed by atoms with van der Waals surface area (Å²) < 4.78 is 10.8. The first-order valence-corrected chi connectivity index (χ1v) is 10.3. The highest BCUT2D eigenvalue weighted by Crippen LogP contribution is 2.42. The van der Waals surface area contributed by atoms with Gasteiger partial charge in [-0.05, 0) is 51.8 Å². The number of carbonyl (C=O) groups excluding carboxylic acids is 1. The SMILES string of the molecule is COc1ccc(CCN2C(=S)SC(C)(C)C2N(O)C(=O)NC(C)C)cc1OC. The molecule has 0 aromatic heterocycles. The molecule has 1 saturated heterocycles. The predicted molar refractivity (Wildman–Crippen MR) is 115 cm³/mol. The molecule has 7 nitrogen and oxygen atoms in total. The van der Waals surface area contributed by atoms with Gasteiger partial charge in [0.25, 0.3) is 0 Å². The summed E-state index contributed by atoms with van der Waals surface area (Å²) in [5.74, 6) is 1.33. The van der Waals surface area contributed by atoms with Gasteiger partial charge in [0.15, 0.2) is 11.5 Å². The van der Waals surface area contributed by atoms with Crippen molar-refractivity contribution in [1.29, 1.82) is 0 Å². The van der Waals surface area contributed by atoms with Crippen molar-refractivity contribution in [3.8, 4) is 11.5 Å². The standard InChI is InChI=1S/C19H29N3O4S2/c1-12(2)20-17(23)22(24)16-19(3,4)28-18(27)21(16)10-9-13-7-8-14(25-5)15(11-13)26-6/h7-8,11-12,16,24H,9-10H2,1-6H3,(H,20,23). The number of nitrogens with one attached hydrogen (secondary N) is 1. The van der Waals surface area contributed by atoms with Crippen molar-refractivity contribution in [2.75, 3.05) is 20.8 Å². The summed E-state index contributed by atoms with van der Waals surface area (Å²) in [7, 11) is 3.20. The average molecular weight is 428 g/mol. The van der Waals surface area contributed by atoms with Gasteiger partial charge >= 0.3 is 6.03 Å². The minimum absolute atomic E-state index is 0.0773. The molecule has 2 rings (SSSR count). The second kappa shape index (κ2) is 9.19. The van der Waals surface area contributed by atoms with E-state index in [9.17, 15) is 10.0 Å². The van der Waals surface area contributed by atoms with E-state index in [4.69, 9.17) is 21.7 Å². The third-order valence-electron chi connectivity index (χ3n) is 4.44. The molecule has 0 spiro atoms. The van der Waals surface area contributed by atoms with E-state index in [0.29, 0.717) is 28.8 Å². The van der Waals surface area contributed by atoms with Gasteiger partial charge in [0.2, 0.25) is 0 Å². The molecule has 1 atom stereocenters. The Morgan fingerprint density at radius 3 is 2.57 bits per heavy atom. The number of hydrogen-bond acceptors (Lipinski definition) is 6. The molecule has 0 saturated carbocycles. The number of hydroxylamine groups is 2. The van der Waals surface area contributed by atoms with E-state index in [-0.39, 0.29) is 6.04 Å². The number of ether oxygens (including phenoxy) is 2. The molecule has 1 fully saturated rings. The zero-order valence-electron chi connectivity index (χ0n) is 17.2. The second-order valence-corrected chi connectivity index (χ2v) is 9.71. The molecule has 0 bridgehead atoms. The van der Waals surface area contributed by atoms with Crippen molar-refractivity contribution in [3.63, 3.8) is 0 Å². The zero-order valence-corrected chi connectivity index (χ0v) is 18.8. The van der Waals surface area contributed by atoms with Crippen LogP contribution in [0.1, 0.15) is 33.3 Å². The molecule has 156 valence electrons. The highest BCUT2D eigenvalue weighted by molar-refractivity contribution is 8.24. The van der Waals surface area contributed by atoms with Crippen LogP contribution in [-0.2, 0) is 6.42 Å². The largest absolute Gasteiger partial charge is 0.493 e. The lowest BCUT2D eigenvalue weighted by atomic mass is 10.1. The third kappa shape index (κ3) is 5.01. The first-order chi connectivity index (χ1) is 13.1. The molecule has 9 heteroatoms. The predicted octanol–water partition coefficient (Wildman–Crippen LogP) is 3.49. The van der Waals surface area contributed by atoms with Crippen LogP contribution in [0.5, 0.6) is 11.5 Å². The Morgan fingerprint density at radius 2 is 2.00 bits per heavy atom. The number of thioether (sulfide) groups is 1. The van der Waals surface area contributed by atoms with Crippen LogP contribution < -0.4 is 14.8 Å². The summed E-state index contributed by atoms with van der Waals surface area (Å²) in [5, 5.41) is 14.1. The van der Waals surface area contributed by atoms with Gasteiger partial charge < -0.3 is 19.7 Å². The minimum Gasteiger partial charge on any atom is -0.493 e. The molecule has 1 aromatic rings. The Bertz CT molecular complexity index is 727. The van der Waals surface area contributed by atoms with Crippen LogP contribution in [0.15, 0.2) is 18.2 Å². The Hall–Kier alpha value is -1.71. The number of carbonyl (C=O) groups is 1. The van der Waals surface area contributed by atoms with E-state index in [1.807, 2.05) is 50.8 Å². The Kier molecular flexibility index (Phi) is 7.41. The van der Waals surface area contributed by atoms with Crippen LogP contribution in [0.4, 0.5) is 4.79 Å². The van der Waals surface area contributed by atoms with E-state index < -0.39 is 16.9 Å². The molecular weight excluding hydrogens is 398 g/mol. The van der Waals surface area contributed by atoms with Crippen LogP contribution in [-0.4, -0.2) is 63.2 Å². The molecule has 2 amide bonds. The first kappa shape index (κ1) is 22.6. The van der Waals surface area contributed by atoms with Gasteiger partial charge in [0.05, 0.1) is 19.0 Å². The van der Waals surface area contributed by atoms with Crippen molar-refractivity contribution in [2.24, 2.45) is 0 Å². The number of urea groups is 1. The first-order valence-electron chi connectivity index (χ1n) is 9.09. The summed E-state index contributed by atoms with van der Waals surface area (Å²) in [6, 6.07) is 5.14. The van der Waals surface area contributed by atoms with Gasteiger partial charge in [0.1, 0.15) is 10.5 Å². The quantitative estimate of drug-likeness (QED) is 0.392. The van der Waals surface area contributed by atoms with Gasteiger partial charge in [-0.15, -0.1) is 0 Å². The maximum atomic E-state index is 12.4. The molecule has 0 radical (unpaired) electrons. The molecule has 1 unspecified atom stereocenters. The Labute approximate surface area is 176 Å². The van der Waals surface area contributed by atoms with E-state index in [1.54, 1.807) is 14.2 Å². The summed E-state index contributed by atoms with van der Waals surface area (Å²) >= 11 is 7.02. The highest BCUT2D eigenvalue weighted by atomic mass is 32.2. The fourth-order valence-corrected chi connectivity index (χ4v) is 5.09. The number of hydrogen-bond donors (Lipinski definition) is 2. The maximum absolute atomic E-state index is 12.4. The Morgan fingerprint density at radius 1 is 1.36 bits per heavy atom. The third-order valence-corrected chi connectivity index (χ3v) is 6.07. The van der Waals surface area contributed by atoms with E-state index in [1.165, 1.54) is 11.8 Å². The van der Waals surface area contributed by atoms with Gasteiger partial charge in [-0.2, -0.15) is 5.06 Å². The fraction of sp³-hybridized carbons (Fsp3) is 0.579. The molecular formula is C19H29N3O4S2. The molecule has 1 aliphatic heterocycles. The van der Waals surface area contributed by atoms with E-state index in [0.717, 1.165) is 10.6 Å². The van der Waals surface area contributed by atoms with E-state index in [2.05, 4.69) is 5.32 Å². The summed E-state index contributed by atoms with van der Waals surface area (Å²) in [6.45, 7) is 8.19. The number of thiocarbonyl (C=S) groups is 1. The van der Waals surface area contributed by atoms with Crippen molar-refractivity contribution in [3.05, 3.63) is 23.8 Å². The average Bonchev–Trinajstić information content (AvgIpc) is 2.86. The topological polar surface area (TPSA) is 74.3 Å². The van der Waals surface area contributed by atoms with Gasteiger partial charge in [-0.3, -0.25) is 5.21 Å². The molecule has 1 aliphatic rings. The van der Waals surface area contributed by atoms with Crippen LogP contribution in [0.2, 0.25) is 0 Å². The van der Waals surface area contributed by atoms with Crippen LogP contribution >= 0.6 is 24.0 Å². The number of nitrogens with zero attached hydrogens (tertiary/aromatic N) is 2. The fourth-order valence-electron chi connectivity index (χ4n) is 3.16. The Balaban J connectivity index is 2.17. The smallest absolute Gasteiger partial charge is 0.343 e. The minimum atomic E-state index is -0.566. The monoisotopic (exact) mass is 427 g/mol. The second-order valence-electron chi connectivity index (χ2n) is 7.43. The zero-order chi connectivity index (χ0) is 21.1. The normalized spacial score (nSPS) is 18.4. The summed E-state index contributed by atoms with van der Waals surface area (Å²) in [5.41, 5.74) is 1.05. The van der Waals surface area contributed by atoms with Crippen molar-refractivity contribution in [2.45, 2.75) is 51.1 Å². The van der Waals surface area contributed by atoms with Crippen LogP contribution in [0.3, 0.4) is 0 Å². The molecule has 1 aromatic carbocycles. The molecule has 28 heavy (non-hydrogen) atoms. The summed E-state index contributed by atoms with van der Waals surface area (Å²) in [6.07, 6.45) is 0.108. The van der Waals surface area contributed by atoms with Gasteiger partial charge in [-0.25, -0.2) is 4.79 Å². The van der Waals surface area contributed by atoms with Crippen LogP contribution in [0.25, 0.3) is 0 Å². The lowest BCUT2D eigenvalue weighted by Gasteiger charge is -2.37. The van der Waals surface area contributed by atoms with Gasteiger partial charge in [-0.1, -0.05) is 30.0 Å². The van der Waals surface area contributed by atoms with Gasteiger partial charge in [0, 0.05) is 12.6 Å². The highest BCUT2D eigenvalue weighted by Gasteiger charge is 2.49. The van der Waals surface area contributed by atoms with Crippen molar-refractivity contribution < 1.29 is 19.5 Å². The lowest BCUT2D eigenvalue weighted by molar-refractivity contribution is -0.118.